The number of rotatable bonds is 7. The van der Waals surface area contributed by atoms with Crippen molar-refractivity contribution in [3.8, 4) is 5.75 Å². The molecule has 1 aliphatic rings. The number of hydrogen-bond donors (Lipinski definition) is 1. The van der Waals surface area contributed by atoms with Crippen molar-refractivity contribution in [2.75, 3.05) is 20.0 Å². The summed E-state index contributed by atoms with van der Waals surface area (Å²) < 4.78 is 41.3. The average Bonchev–Trinajstić information content (AvgIpc) is 2.67. The lowest BCUT2D eigenvalue weighted by Gasteiger charge is -2.26. The first kappa shape index (κ1) is 22.8. The molecule has 0 aromatic heterocycles. The first-order valence-electron chi connectivity index (χ1n) is 9.16. The van der Waals surface area contributed by atoms with Gasteiger partial charge in [-0.05, 0) is 49.8 Å². The minimum absolute atomic E-state index is 0.0458. The van der Waals surface area contributed by atoms with Crippen LogP contribution in [0.15, 0.2) is 18.2 Å². The molecule has 0 heterocycles. The molecule has 9 nitrogen and oxygen atoms in total. The zero-order chi connectivity index (χ0) is 21.6. The highest BCUT2D eigenvalue weighted by Crippen LogP contribution is 2.24. The standard InChI is InChI=1S/C19H25NO8S/c1-12-4-6-15(7-5-12)20-29(24,25)11-17(21)28-16-9-13(18(22)26-2)8-14(10-16)19(23)27-3/h8-10,12,15,20H,4-7,11H2,1-3H3. The lowest BCUT2D eigenvalue weighted by Crippen LogP contribution is -2.40. The number of carbonyl (C=O) groups is 3. The molecule has 0 saturated heterocycles. The Labute approximate surface area is 169 Å². The van der Waals surface area contributed by atoms with Crippen molar-refractivity contribution in [1.29, 1.82) is 0 Å². The van der Waals surface area contributed by atoms with Gasteiger partial charge in [0.25, 0.3) is 0 Å². The van der Waals surface area contributed by atoms with Gasteiger partial charge in [0.1, 0.15) is 5.75 Å². The highest BCUT2D eigenvalue weighted by atomic mass is 32.2. The van der Waals surface area contributed by atoms with Crippen molar-refractivity contribution < 1.29 is 37.0 Å². The van der Waals surface area contributed by atoms with Crippen LogP contribution in [0.5, 0.6) is 5.75 Å². The van der Waals surface area contributed by atoms with E-state index in [9.17, 15) is 22.8 Å². The highest BCUT2D eigenvalue weighted by Gasteiger charge is 2.26. The van der Waals surface area contributed by atoms with Crippen molar-refractivity contribution in [2.45, 2.75) is 38.6 Å². The van der Waals surface area contributed by atoms with E-state index in [4.69, 9.17) is 4.74 Å². The van der Waals surface area contributed by atoms with Gasteiger partial charge in [0, 0.05) is 6.04 Å². The van der Waals surface area contributed by atoms with Gasteiger partial charge in [-0.1, -0.05) is 6.92 Å². The van der Waals surface area contributed by atoms with E-state index >= 15 is 0 Å². The fraction of sp³-hybridized carbons (Fsp3) is 0.526. The molecular weight excluding hydrogens is 402 g/mol. The van der Waals surface area contributed by atoms with Crippen molar-refractivity contribution >= 4 is 27.9 Å². The van der Waals surface area contributed by atoms with Crippen LogP contribution in [0.4, 0.5) is 0 Å². The number of ether oxygens (including phenoxy) is 3. The summed E-state index contributed by atoms with van der Waals surface area (Å²) in [4.78, 5) is 35.7. The molecule has 2 rings (SSSR count). The number of hydrogen-bond acceptors (Lipinski definition) is 8. The summed E-state index contributed by atoms with van der Waals surface area (Å²) >= 11 is 0. The molecule has 0 aliphatic heterocycles. The van der Waals surface area contributed by atoms with Crippen LogP contribution in [-0.2, 0) is 24.3 Å². The monoisotopic (exact) mass is 427 g/mol. The Morgan fingerprint density at radius 2 is 1.48 bits per heavy atom. The molecule has 0 radical (unpaired) electrons. The Hall–Kier alpha value is -2.46. The van der Waals surface area contributed by atoms with E-state index in [2.05, 4.69) is 21.1 Å². The van der Waals surface area contributed by atoms with Gasteiger partial charge >= 0.3 is 17.9 Å². The van der Waals surface area contributed by atoms with Crippen LogP contribution in [0.1, 0.15) is 53.3 Å². The molecule has 0 amide bonds. The molecule has 1 aliphatic carbocycles. The highest BCUT2D eigenvalue weighted by molar-refractivity contribution is 7.90. The van der Waals surface area contributed by atoms with Gasteiger partial charge in [-0.3, -0.25) is 4.79 Å². The van der Waals surface area contributed by atoms with E-state index in [-0.39, 0.29) is 22.9 Å². The van der Waals surface area contributed by atoms with Crippen molar-refractivity contribution in [1.82, 2.24) is 4.72 Å². The Morgan fingerprint density at radius 3 is 1.97 bits per heavy atom. The van der Waals surface area contributed by atoms with E-state index in [0.717, 1.165) is 39.9 Å². The molecule has 1 aromatic rings. The fourth-order valence-electron chi connectivity index (χ4n) is 3.12. The zero-order valence-corrected chi connectivity index (χ0v) is 17.4. The number of carbonyl (C=O) groups excluding carboxylic acids is 3. The molecule has 0 bridgehead atoms. The smallest absolute Gasteiger partial charge is 0.338 e. The number of benzene rings is 1. The van der Waals surface area contributed by atoms with Gasteiger partial charge in [-0.25, -0.2) is 22.7 Å². The topological polar surface area (TPSA) is 125 Å². The van der Waals surface area contributed by atoms with E-state index in [1.807, 2.05) is 0 Å². The molecule has 0 spiro atoms. The maximum absolute atomic E-state index is 12.3. The first-order valence-corrected chi connectivity index (χ1v) is 10.8. The molecular formula is C19H25NO8S. The predicted molar refractivity (Wildman–Crippen MR) is 103 cm³/mol. The van der Waals surface area contributed by atoms with Crippen LogP contribution in [0.3, 0.4) is 0 Å². The second-order valence-corrected chi connectivity index (χ2v) is 8.79. The summed E-state index contributed by atoms with van der Waals surface area (Å²) in [6.45, 7) is 2.12. The van der Waals surface area contributed by atoms with E-state index in [1.165, 1.54) is 18.2 Å². The van der Waals surface area contributed by atoms with E-state index in [0.29, 0.717) is 5.92 Å². The van der Waals surface area contributed by atoms with Crippen LogP contribution in [0.25, 0.3) is 0 Å². The summed E-state index contributed by atoms with van der Waals surface area (Å²) in [6.07, 6.45) is 3.29. The Balaban J connectivity index is 2.08. The number of methoxy groups -OCH3 is 2. The molecule has 1 fully saturated rings. The normalized spacial score (nSPS) is 19.3. The Kier molecular flexibility index (Phi) is 7.74. The van der Waals surface area contributed by atoms with Gasteiger partial charge in [0.15, 0.2) is 5.75 Å². The SMILES string of the molecule is COC(=O)c1cc(OC(=O)CS(=O)(=O)NC2CCC(C)CC2)cc(C(=O)OC)c1. The third-order valence-electron chi connectivity index (χ3n) is 4.65. The first-order chi connectivity index (χ1) is 13.6. The third-order valence-corrected chi connectivity index (χ3v) is 5.96. The second kappa shape index (κ2) is 9.84. The van der Waals surface area contributed by atoms with Crippen LogP contribution >= 0.6 is 0 Å². The molecule has 0 unspecified atom stereocenters. The summed E-state index contributed by atoms with van der Waals surface area (Å²) in [6, 6.07) is 3.38. The lowest BCUT2D eigenvalue weighted by atomic mass is 9.88. The van der Waals surface area contributed by atoms with E-state index in [1.54, 1.807) is 0 Å². The minimum atomic E-state index is -3.89. The molecule has 1 N–H and O–H groups in total. The third kappa shape index (κ3) is 6.82. The van der Waals surface area contributed by atoms with Crippen molar-refractivity contribution in [3.05, 3.63) is 29.3 Å². The van der Waals surface area contributed by atoms with Crippen molar-refractivity contribution in [3.63, 3.8) is 0 Å². The van der Waals surface area contributed by atoms with Crippen LogP contribution < -0.4 is 9.46 Å². The van der Waals surface area contributed by atoms with Crippen LogP contribution in [-0.4, -0.2) is 52.3 Å². The Bertz CT molecular complexity index is 838. The molecule has 0 atom stereocenters. The Morgan fingerprint density at radius 1 is 0.966 bits per heavy atom. The average molecular weight is 427 g/mol. The molecule has 1 aromatic carbocycles. The molecule has 29 heavy (non-hydrogen) atoms. The van der Waals surface area contributed by atoms with Crippen LogP contribution in [0, 0.1) is 5.92 Å². The number of esters is 3. The van der Waals surface area contributed by atoms with E-state index < -0.39 is 33.7 Å². The van der Waals surface area contributed by atoms with Gasteiger partial charge in [0.05, 0.1) is 25.3 Å². The largest absolute Gasteiger partial charge is 0.465 e. The molecule has 160 valence electrons. The summed E-state index contributed by atoms with van der Waals surface area (Å²) in [7, 11) is -1.58. The lowest BCUT2D eigenvalue weighted by molar-refractivity contribution is -0.131. The van der Waals surface area contributed by atoms with Gasteiger partial charge in [0.2, 0.25) is 10.0 Å². The zero-order valence-electron chi connectivity index (χ0n) is 16.6. The minimum Gasteiger partial charge on any atom is -0.465 e. The summed E-state index contributed by atoms with van der Waals surface area (Å²) in [5, 5.41) is 0. The molecule has 10 heteroatoms. The summed E-state index contributed by atoms with van der Waals surface area (Å²) in [5.41, 5.74) is -0.0917. The summed E-state index contributed by atoms with van der Waals surface area (Å²) in [5.74, 6) is -3.04. The fourth-order valence-corrected chi connectivity index (χ4v) is 4.32. The van der Waals surface area contributed by atoms with Gasteiger partial charge in [-0.2, -0.15) is 0 Å². The molecule has 1 saturated carbocycles. The van der Waals surface area contributed by atoms with Crippen LogP contribution in [0.2, 0.25) is 0 Å². The quantitative estimate of drug-likeness (QED) is 0.514. The number of nitrogens with one attached hydrogen (secondary N) is 1. The van der Waals surface area contributed by atoms with Crippen molar-refractivity contribution in [2.24, 2.45) is 5.92 Å². The van der Waals surface area contributed by atoms with Gasteiger partial charge in [-0.15, -0.1) is 0 Å². The van der Waals surface area contributed by atoms with Gasteiger partial charge < -0.3 is 14.2 Å². The number of sulfonamides is 1. The maximum atomic E-state index is 12.3. The second-order valence-electron chi connectivity index (χ2n) is 7.04. The predicted octanol–water partition coefficient (Wildman–Crippen LogP) is 1.66. The maximum Gasteiger partial charge on any atom is 0.338 e.